The van der Waals surface area contributed by atoms with Crippen LogP contribution in [0.2, 0.25) is 0 Å². The number of hydrogen-bond donors (Lipinski definition) is 6. The molecule has 0 aromatic carbocycles. The summed E-state index contributed by atoms with van der Waals surface area (Å²) in [7, 11) is 0. The second kappa shape index (κ2) is 7.94. The van der Waals surface area contributed by atoms with Crippen molar-refractivity contribution < 1.29 is 35.4 Å². The first-order chi connectivity index (χ1) is 7.04. The van der Waals surface area contributed by atoms with E-state index < -0.39 is 37.6 Å². The standard InChI is InChI=1S/C6H14O6.C2H4O/c7-1-3(9)5(11)6(12)4(10)2-8;1-2-3-1/h3-12H,1-2H2;1-2H2. The molecular formula is C8H18O7. The third-order valence-corrected chi connectivity index (χ3v) is 1.72. The topological polar surface area (TPSA) is 134 Å². The molecule has 0 radical (unpaired) electrons. The maximum Gasteiger partial charge on any atom is 0.111 e. The summed E-state index contributed by atoms with van der Waals surface area (Å²) in [6.45, 7) is 0.548. The van der Waals surface area contributed by atoms with Crippen LogP contribution in [0.25, 0.3) is 0 Å². The smallest absolute Gasteiger partial charge is 0.111 e. The minimum atomic E-state index is -1.67. The summed E-state index contributed by atoms with van der Waals surface area (Å²) in [5, 5.41) is 52.2. The fraction of sp³-hybridized carbons (Fsp3) is 1.00. The van der Waals surface area contributed by atoms with Gasteiger partial charge >= 0.3 is 0 Å². The van der Waals surface area contributed by atoms with Gasteiger partial charge < -0.3 is 35.4 Å². The Balaban J connectivity index is 0.000000548. The molecule has 0 aromatic heterocycles. The predicted octanol–water partition coefficient (Wildman–Crippen LogP) is -3.57. The number of hydrogen-bond acceptors (Lipinski definition) is 7. The van der Waals surface area contributed by atoms with E-state index >= 15 is 0 Å². The molecule has 7 heteroatoms. The Labute approximate surface area is 87.2 Å². The van der Waals surface area contributed by atoms with Gasteiger partial charge in [0.1, 0.15) is 24.4 Å². The monoisotopic (exact) mass is 226 g/mol. The van der Waals surface area contributed by atoms with Gasteiger partial charge in [-0.25, -0.2) is 0 Å². The highest BCUT2D eigenvalue weighted by Crippen LogP contribution is 2.03. The lowest BCUT2D eigenvalue weighted by Gasteiger charge is -2.24. The van der Waals surface area contributed by atoms with E-state index in [9.17, 15) is 0 Å². The second-order valence-corrected chi connectivity index (χ2v) is 3.09. The van der Waals surface area contributed by atoms with Crippen LogP contribution in [0, 0.1) is 0 Å². The molecule has 1 aliphatic heterocycles. The van der Waals surface area contributed by atoms with Gasteiger partial charge in [-0.1, -0.05) is 0 Å². The normalized spacial score (nSPS) is 22.0. The van der Waals surface area contributed by atoms with Crippen LogP contribution in [0.3, 0.4) is 0 Å². The zero-order valence-electron chi connectivity index (χ0n) is 8.23. The van der Waals surface area contributed by atoms with Crippen LogP contribution < -0.4 is 0 Å². The van der Waals surface area contributed by atoms with Crippen LogP contribution >= 0.6 is 0 Å². The highest BCUT2D eigenvalue weighted by Gasteiger charge is 2.29. The van der Waals surface area contributed by atoms with E-state index in [1.807, 2.05) is 0 Å². The molecule has 0 spiro atoms. The van der Waals surface area contributed by atoms with E-state index in [-0.39, 0.29) is 0 Å². The highest BCUT2D eigenvalue weighted by molar-refractivity contribution is 4.79. The van der Waals surface area contributed by atoms with Crippen molar-refractivity contribution in [3.63, 3.8) is 0 Å². The average Bonchev–Trinajstić information content (AvgIpc) is 3.12. The molecule has 4 atom stereocenters. The van der Waals surface area contributed by atoms with Gasteiger partial charge in [0.15, 0.2) is 0 Å². The van der Waals surface area contributed by atoms with E-state index in [1.165, 1.54) is 0 Å². The number of ether oxygens (including phenoxy) is 1. The summed E-state index contributed by atoms with van der Waals surface area (Å²) < 4.78 is 4.50. The second-order valence-electron chi connectivity index (χ2n) is 3.09. The van der Waals surface area contributed by atoms with Gasteiger partial charge in [0, 0.05) is 0 Å². The van der Waals surface area contributed by atoms with E-state index in [1.54, 1.807) is 0 Å². The minimum absolute atomic E-state index is 0.726. The maximum absolute atomic E-state index is 8.96. The lowest BCUT2D eigenvalue weighted by molar-refractivity contribution is -0.123. The molecule has 1 saturated heterocycles. The largest absolute Gasteiger partial charge is 0.394 e. The minimum Gasteiger partial charge on any atom is -0.394 e. The molecule has 0 aromatic rings. The molecule has 1 heterocycles. The molecule has 0 aliphatic carbocycles. The molecule has 92 valence electrons. The van der Waals surface area contributed by atoms with Crippen LogP contribution in [0.1, 0.15) is 0 Å². The van der Waals surface area contributed by atoms with Crippen molar-refractivity contribution in [2.24, 2.45) is 0 Å². The number of rotatable bonds is 5. The third kappa shape index (κ3) is 6.74. The van der Waals surface area contributed by atoms with Gasteiger partial charge in [-0.05, 0) is 0 Å². The molecule has 0 amide bonds. The SMILES string of the molecule is C1CO1.OCC(O)C(O)C(O)C(O)CO. The van der Waals surface area contributed by atoms with Gasteiger partial charge in [0.05, 0.1) is 26.4 Å². The quantitative estimate of drug-likeness (QED) is 0.267. The van der Waals surface area contributed by atoms with Crippen LogP contribution in [0.15, 0.2) is 0 Å². The highest BCUT2D eigenvalue weighted by atomic mass is 16.6. The van der Waals surface area contributed by atoms with Crippen molar-refractivity contribution in [2.45, 2.75) is 24.4 Å². The van der Waals surface area contributed by atoms with E-state index in [0.717, 1.165) is 13.2 Å². The summed E-state index contributed by atoms with van der Waals surface area (Å²) in [6.07, 6.45) is -6.39. The summed E-state index contributed by atoms with van der Waals surface area (Å²) in [4.78, 5) is 0. The predicted molar refractivity (Wildman–Crippen MR) is 49.0 cm³/mol. The lowest BCUT2D eigenvalue weighted by Crippen LogP contribution is -2.46. The van der Waals surface area contributed by atoms with Crippen molar-refractivity contribution in [1.82, 2.24) is 0 Å². The van der Waals surface area contributed by atoms with E-state index in [0.29, 0.717) is 0 Å². The Kier molecular flexibility index (Phi) is 7.79. The molecule has 4 unspecified atom stereocenters. The van der Waals surface area contributed by atoms with Crippen molar-refractivity contribution in [3.05, 3.63) is 0 Å². The molecule has 0 saturated carbocycles. The number of epoxide rings is 1. The first kappa shape index (κ1) is 14.7. The van der Waals surface area contributed by atoms with Crippen molar-refractivity contribution in [1.29, 1.82) is 0 Å². The maximum atomic E-state index is 8.96. The lowest BCUT2D eigenvalue weighted by atomic mass is 10.0. The van der Waals surface area contributed by atoms with Crippen LogP contribution in [0.5, 0.6) is 0 Å². The van der Waals surface area contributed by atoms with E-state index in [2.05, 4.69) is 4.74 Å². The summed E-state index contributed by atoms with van der Waals surface area (Å²) >= 11 is 0. The molecule has 1 rings (SSSR count). The fourth-order valence-corrected chi connectivity index (χ4v) is 0.671. The average molecular weight is 226 g/mol. The first-order valence-electron chi connectivity index (χ1n) is 4.56. The third-order valence-electron chi connectivity index (χ3n) is 1.72. The summed E-state index contributed by atoms with van der Waals surface area (Å²) in [6, 6.07) is 0. The van der Waals surface area contributed by atoms with Crippen LogP contribution in [-0.4, -0.2) is 81.5 Å². The molecule has 15 heavy (non-hydrogen) atoms. The molecule has 1 fully saturated rings. The number of aliphatic hydroxyl groups excluding tert-OH is 6. The molecule has 6 N–H and O–H groups in total. The van der Waals surface area contributed by atoms with Gasteiger partial charge in [-0.15, -0.1) is 0 Å². The van der Waals surface area contributed by atoms with Gasteiger partial charge in [0.2, 0.25) is 0 Å². The molecule has 0 bridgehead atoms. The van der Waals surface area contributed by atoms with Gasteiger partial charge in [-0.3, -0.25) is 0 Å². The van der Waals surface area contributed by atoms with Crippen molar-refractivity contribution in [2.75, 3.05) is 26.4 Å². The summed E-state index contributed by atoms with van der Waals surface area (Å²) in [5.74, 6) is 0. The van der Waals surface area contributed by atoms with Gasteiger partial charge in [-0.2, -0.15) is 0 Å². The molecule has 7 nitrogen and oxygen atoms in total. The Morgan fingerprint density at radius 1 is 0.800 bits per heavy atom. The zero-order chi connectivity index (χ0) is 11.8. The van der Waals surface area contributed by atoms with E-state index in [4.69, 9.17) is 30.6 Å². The number of aliphatic hydroxyl groups is 6. The molecular weight excluding hydrogens is 208 g/mol. The van der Waals surface area contributed by atoms with Crippen LogP contribution in [-0.2, 0) is 4.74 Å². The first-order valence-corrected chi connectivity index (χ1v) is 4.56. The van der Waals surface area contributed by atoms with Crippen molar-refractivity contribution in [3.8, 4) is 0 Å². The fourth-order valence-electron chi connectivity index (χ4n) is 0.671. The Morgan fingerprint density at radius 3 is 1.20 bits per heavy atom. The van der Waals surface area contributed by atoms with Crippen LogP contribution in [0.4, 0.5) is 0 Å². The Morgan fingerprint density at radius 2 is 1.07 bits per heavy atom. The van der Waals surface area contributed by atoms with Gasteiger partial charge in [0.25, 0.3) is 0 Å². The Bertz CT molecular complexity index is 135. The Hall–Kier alpha value is -0.280. The van der Waals surface area contributed by atoms with Crippen molar-refractivity contribution >= 4 is 0 Å². The molecule has 1 aliphatic rings. The zero-order valence-corrected chi connectivity index (χ0v) is 8.23. The summed E-state index contributed by atoms with van der Waals surface area (Å²) in [5.41, 5.74) is 0.